The number of benzene rings is 1. The molecule has 0 atom stereocenters. The number of nitrogens with two attached hydrogens (primary N) is 1. The summed E-state index contributed by atoms with van der Waals surface area (Å²) in [6, 6.07) is 8.13. The molecular weight excluding hydrogens is 332 g/mol. The second-order valence-corrected chi connectivity index (χ2v) is 6.04. The summed E-state index contributed by atoms with van der Waals surface area (Å²) in [6.45, 7) is 3.46. The Bertz CT molecular complexity index is 876. The lowest BCUT2D eigenvalue weighted by atomic mass is 10.1. The highest BCUT2D eigenvalue weighted by atomic mass is 16.5. The van der Waals surface area contributed by atoms with E-state index >= 15 is 0 Å². The van der Waals surface area contributed by atoms with Crippen molar-refractivity contribution in [3.8, 4) is 6.01 Å². The summed E-state index contributed by atoms with van der Waals surface area (Å²) in [4.78, 5) is 13.3. The molecule has 0 aliphatic heterocycles. The third-order valence-corrected chi connectivity index (χ3v) is 4.13. The molecule has 0 aliphatic rings. The van der Waals surface area contributed by atoms with E-state index in [-0.39, 0.29) is 6.61 Å². The van der Waals surface area contributed by atoms with Crippen molar-refractivity contribution in [1.29, 1.82) is 0 Å². The van der Waals surface area contributed by atoms with Crippen LogP contribution < -0.4 is 15.8 Å². The Morgan fingerprint density at radius 1 is 1.15 bits per heavy atom. The molecule has 0 unspecified atom stereocenters. The van der Waals surface area contributed by atoms with Crippen LogP contribution in [0.5, 0.6) is 6.01 Å². The van der Waals surface area contributed by atoms with Crippen molar-refractivity contribution >= 4 is 22.9 Å². The summed E-state index contributed by atoms with van der Waals surface area (Å²) in [5.74, 6) is 0.810. The Labute approximate surface area is 152 Å². The zero-order valence-corrected chi connectivity index (χ0v) is 15.1. The predicted molar refractivity (Wildman–Crippen MR) is 101 cm³/mol. The number of ether oxygens (including phenoxy) is 1. The number of hydrogen-bond donors (Lipinski definition) is 3. The van der Waals surface area contributed by atoms with Crippen LogP contribution in [0.2, 0.25) is 0 Å². The largest absolute Gasteiger partial charge is 0.468 e. The second-order valence-electron chi connectivity index (χ2n) is 6.04. The Kier molecular flexibility index (Phi) is 5.52. The van der Waals surface area contributed by atoms with E-state index in [0.29, 0.717) is 35.5 Å². The molecule has 8 nitrogen and oxygen atoms in total. The predicted octanol–water partition coefficient (Wildman–Crippen LogP) is 2.17. The van der Waals surface area contributed by atoms with Crippen LogP contribution in [0.4, 0.5) is 11.8 Å². The van der Waals surface area contributed by atoms with Crippen molar-refractivity contribution in [2.24, 2.45) is 0 Å². The zero-order valence-electron chi connectivity index (χ0n) is 15.1. The van der Waals surface area contributed by atoms with Gasteiger partial charge in [0.25, 0.3) is 6.01 Å². The average molecular weight is 356 g/mol. The Hall–Kier alpha value is -2.87. The number of nitrogen functional groups attached to an aromatic ring is 1. The van der Waals surface area contributed by atoms with Gasteiger partial charge in [-0.1, -0.05) is 37.6 Å². The van der Waals surface area contributed by atoms with Crippen LogP contribution in [0.1, 0.15) is 30.9 Å². The van der Waals surface area contributed by atoms with E-state index in [4.69, 9.17) is 10.5 Å². The first-order valence-electron chi connectivity index (χ1n) is 8.66. The van der Waals surface area contributed by atoms with Crippen molar-refractivity contribution in [3.05, 3.63) is 35.4 Å². The number of methoxy groups -OCH3 is 1. The van der Waals surface area contributed by atoms with Gasteiger partial charge in [-0.2, -0.15) is 15.0 Å². The van der Waals surface area contributed by atoms with Gasteiger partial charge in [-0.05, 0) is 17.5 Å². The molecule has 0 fully saturated rings. The third kappa shape index (κ3) is 3.70. The van der Waals surface area contributed by atoms with Crippen LogP contribution in [0, 0.1) is 0 Å². The van der Waals surface area contributed by atoms with Crippen LogP contribution >= 0.6 is 0 Å². The lowest BCUT2D eigenvalue weighted by Gasteiger charge is -2.09. The Balaban J connectivity index is 1.98. The minimum absolute atomic E-state index is 0.0220. The number of fused-ring (bicyclic) bond motifs is 1. The number of nitrogens with one attached hydrogen (secondary N) is 1. The number of unbranched alkanes of at least 4 members (excludes halogenated alkanes) is 1. The van der Waals surface area contributed by atoms with E-state index in [9.17, 15) is 5.11 Å². The summed E-state index contributed by atoms with van der Waals surface area (Å²) in [6.07, 6.45) is 2.11. The van der Waals surface area contributed by atoms with Gasteiger partial charge in [0.15, 0.2) is 17.0 Å². The number of anilines is 2. The molecule has 3 aromatic rings. The number of imidazole rings is 1. The first-order valence-corrected chi connectivity index (χ1v) is 8.66. The fourth-order valence-corrected chi connectivity index (χ4v) is 2.69. The van der Waals surface area contributed by atoms with E-state index in [2.05, 4.69) is 27.2 Å². The SMILES string of the molecule is CCCCNc1nc(N)c2nc(OC)n(Cc3ccc(CO)cc3)c2n1. The minimum Gasteiger partial charge on any atom is -0.468 e. The Morgan fingerprint density at radius 3 is 2.54 bits per heavy atom. The Morgan fingerprint density at radius 2 is 1.88 bits per heavy atom. The number of aliphatic hydroxyl groups is 1. The summed E-state index contributed by atoms with van der Waals surface area (Å²) in [5.41, 5.74) is 9.13. The fraction of sp³-hybridized carbons (Fsp3) is 0.389. The quantitative estimate of drug-likeness (QED) is 0.530. The average Bonchev–Trinajstić information content (AvgIpc) is 3.01. The normalized spacial score (nSPS) is 11.0. The number of aliphatic hydroxyl groups excluding tert-OH is 1. The molecule has 3 rings (SSSR count). The van der Waals surface area contributed by atoms with Gasteiger partial charge in [-0.3, -0.25) is 4.57 Å². The fourth-order valence-electron chi connectivity index (χ4n) is 2.69. The van der Waals surface area contributed by atoms with Crippen LogP contribution in [0.15, 0.2) is 24.3 Å². The van der Waals surface area contributed by atoms with E-state index in [0.717, 1.165) is 30.5 Å². The maximum Gasteiger partial charge on any atom is 0.298 e. The molecule has 4 N–H and O–H groups in total. The van der Waals surface area contributed by atoms with E-state index in [1.807, 2.05) is 28.8 Å². The summed E-state index contributed by atoms with van der Waals surface area (Å²) in [5, 5.41) is 12.4. The summed E-state index contributed by atoms with van der Waals surface area (Å²) < 4.78 is 7.28. The van der Waals surface area contributed by atoms with Gasteiger partial charge in [-0.25, -0.2) is 0 Å². The molecule has 0 aliphatic carbocycles. The van der Waals surface area contributed by atoms with Gasteiger partial charge >= 0.3 is 0 Å². The van der Waals surface area contributed by atoms with Crippen LogP contribution in [-0.4, -0.2) is 38.3 Å². The molecule has 26 heavy (non-hydrogen) atoms. The molecule has 2 aromatic heterocycles. The highest BCUT2D eigenvalue weighted by Gasteiger charge is 2.17. The van der Waals surface area contributed by atoms with Gasteiger partial charge in [0.05, 0.1) is 20.3 Å². The molecule has 8 heteroatoms. The van der Waals surface area contributed by atoms with Crippen LogP contribution in [-0.2, 0) is 13.2 Å². The molecule has 138 valence electrons. The van der Waals surface area contributed by atoms with Crippen molar-refractivity contribution < 1.29 is 9.84 Å². The highest BCUT2D eigenvalue weighted by Crippen LogP contribution is 2.25. The molecule has 0 amide bonds. The van der Waals surface area contributed by atoms with Crippen molar-refractivity contribution in [2.75, 3.05) is 24.7 Å². The number of hydrogen-bond acceptors (Lipinski definition) is 7. The lowest BCUT2D eigenvalue weighted by molar-refractivity contribution is 0.282. The van der Waals surface area contributed by atoms with Gasteiger partial charge < -0.3 is 20.9 Å². The zero-order chi connectivity index (χ0) is 18.5. The maximum atomic E-state index is 9.19. The molecular formula is C18H24N6O2. The molecule has 0 bridgehead atoms. The molecule has 1 aromatic carbocycles. The molecule has 0 spiro atoms. The maximum absolute atomic E-state index is 9.19. The lowest BCUT2D eigenvalue weighted by Crippen LogP contribution is -2.09. The van der Waals surface area contributed by atoms with Gasteiger partial charge in [-0.15, -0.1) is 0 Å². The first kappa shape index (κ1) is 17.9. The van der Waals surface area contributed by atoms with Crippen molar-refractivity contribution in [3.63, 3.8) is 0 Å². The summed E-state index contributed by atoms with van der Waals surface area (Å²) >= 11 is 0. The van der Waals surface area contributed by atoms with Crippen molar-refractivity contribution in [2.45, 2.75) is 32.9 Å². The van der Waals surface area contributed by atoms with E-state index in [1.165, 1.54) is 0 Å². The van der Waals surface area contributed by atoms with Gasteiger partial charge in [0, 0.05) is 6.54 Å². The van der Waals surface area contributed by atoms with Gasteiger partial charge in [0.1, 0.15) is 0 Å². The smallest absolute Gasteiger partial charge is 0.298 e. The van der Waals surface area contributed by atoms with Crippen LogP contribution in [0.25, 0.3) is 11.2 Å². The van der Waals surface area contributed by atoms with E-state index < -0.39 is 0 Å². The van der Waals surface area contributed by atoms with Crippen LogP contribution in [0.3, 0.4) is 0 Å². The second kappa shape index (κ2) is 8.01. The molecule has 2 heterocycles. The standard InChI is InChI=1S/C18H24N6O2/c1-3-4-9-20-17-22-15(19)14-16(23-17)24(18(21-14)26-2)10-12-5-7-13(11-25)8-6-12/h5-8,25H,3-4,9-11H2,1-2H3,(H3,19,20,22,23). The number of rotatable bonds is 8. The number of nitrogens with zero attached hydrogens (tertiary/aromatic N) is 4. The monoisotopic (exact) mass is 356 g/mol. The van der Waals surface area contributed by atoms with E-state index in [1.54, 1.807) is 7.11 Å². The summed E-state index contributed by atoms with van der Waals surface area (Å²) in [7, 11) is 1.57. The molecule has 0 saturated heterocycles. The van der Waals surface area contributed by atoms with Crippen molar-refractivity contribution in [1.82, 2.24) is 19.5 Å². The van der Waals surface area contributed by atoms with Gasteiger partial charge in [0.2, 0.25) is 5.95 Å². The first-order chi connectivity index (χ1) is 12.7. The minimum atomic E-state index is 0.0220. The highest BCUT2D eigenvalue weighted by molar-refractivity contribution is 5.84. The number of aromatic nitrogens is 4. The molecule has 0 radical (unpaired) electrons. The third-order valence-electron chi connectivity index (χ3n) is 4.13. The topological polar surface area (TPSA) is 111 Å². The molecule has 0 saturated carbocycles.